The fourth-order valence-electron chi connectivity index (χ4n) is 1.84. The molecule has 0 unspecified atom stereocenters. The molecule has 0 spiro atoms. The molecule has 6 heteroatoms. The number of aliphatic hydroxyl groups is 1. The summed E-state index contributed by atoms with van der Waals surface area (Å²) in [6, 6.07) is 0. The minimum absolute atomic E-state index is 0.205. The van der Waals surface area contributed by atoms with E-state index in [1.807, 2.05) is 0 Å². The number of aliphatic carboxylic acids is 1. The van der Waals surface area contributed by atoms with Crippen LogP contribution in [-0.4, -0.2) is 58.4 Å². The molecule has 2 aliphatic rings. The molecule has 0 radical (unpaired) electrons. The van der Waals surface area contributed by atoms with E-state index in [-0.39, 0.29) is 5.91 Å². The standard InChI is InChI=1S/C9H13NO5/c11-5-3-10(4-5)8(12)6-1-2-7(15-6)9(13)14/h5-7,11H,1-4H2,(H,13,14)/t6-,7+/m0/s1. The fourth-order valence-corrected chi connectivity index (χ4v) is 1.84. The number of ether oxygens (including phenoxy) is 1. The highest BCUT2D eigenvalue weighted by Gasteiger charge is 2.39. The second-order valence-electron chi connectivity index (χ2n) is 3.93. The van der Waals surface area contributed by atoms with Crippen molar-refractivity contribution in [2.75, 3.05) is 13.1 Å². The van der Waals surface area contributed by atoms with Crippen LogP contribution in [0.25, 0.3) is 0 Å². The predicted octanol–water partition coefficient (Wildman–Crippen LogP) is -1.18. The largest absolute Gasteiger partial charge is 0.479 e. The van der Waals surface area contributed by atoms with Crippen LogP contribution in [0.2, 0.25) is 0 Å². The second kappa shape index (κ2) is 3.79. The molecule has 15 heavy (non-hydrogen) atoms. The van der Waals surface area contributed by atoms with Crippen LogP contribution in [-0.2, 0) is 14.3 Å². The smallest absolute Gasteiger partial charge is 0.332 e. The minimum atomic E-state index is -1.02. The first-order chi connectivity index (χ1) is 7.08. The highest BCUT2D eigenvalue weighted by atomic mass is 16.5. The van der Waals surface area contributed by atoms with Gasteiger partial charge in [0.25, 0.3) is 5.91 Å². The fraction of sp³-hybridized carbons (Fsp3) is 0.778. The molecule has 0 aliphatic carbocycles. The van der Waals surface area contributed by atoms with Gasteiger partial charge in [0, 0.05) is 13.1 Å². The van der Waals surface area contributed by atoms with Crippen LogP contribution < -0.4 is 0 Å². The van der Waals surface area contributed by atoms with Gasteiger partial charge in [-0.1, -0.05) is 0 Å². The van der Waals surface area contributed by atoms with E-state index in [1.165, 1.54) is 4.90 Å². The summed E-state index contributed by atoms with van der Waals surface area (Å²) in [7, 11) is 0. The van der Waals surface area contributed by atoms with E-state index in [0.29, 0.717) is 25.9 Å². The number of likely N-dealkylation sites (tertiary alicyclic amines) is 1. The quantitative estimate of drug-likeness (QED) is 0.605. The summed E-state index contributed by atoms with van der Waals surface area (Å²) in [6.45, 7) is 0.660. The molecule has 2 N–H and O–H groups in total. The molecular formula is C9H13NO5. The summed E-state index contributed by atoms with van der Waals surface area (Å²) in [6.07, 6.45) is -1.11. The third-order valence-electron chi connectivity index (χ3n) is 2.74. The van der Waals surface area contributed by atoms with Crippen molar-refractivity contribution in [2.45, 2.75) is 31.2 Å². The number of carbonyl (C=O) groups excluding carboxylic acids is 1. The maximum absolute atomic E-state index is 11.6. The van der Waals surface area contributed by atoms with Gasteiger partial charge >= 0.3 is 5.97 Å². The van der Waals surface area contributed by atoms with Crippen molar-refractivity contribution in [3.8, 4) is 0 Å². The Hall–Kier alpha value is -1.14. The van der Waals surface area contributed by atoms with Crippen LogP contribution in [0.3, 0.4) is 0 Å². The van der Waals surface area contributed by atoms with Gasteiger partial charge in [-0.05, 0) is 12.8 Å². The minimum Gasteiger partial charge on any atom is -0.479 e. The van der Waals surface area contributed by atoms with Crippen molar-refractivity contribution in [1.29, 1.82) is 0 Å². The molecule has 0 aromatic rings. The molecular weight excluding hydrogens is 202 g/mol. The SMILES string of the molecule is O=C(O)[C@H]1CC[C@@H](C(=O)N2CC(O)C2)O1. The van der Waals surface area contributed by atoms with Crippen LogP contribution in [0.5, 0.6) is 0 Å². The van der Waals surface area contributed by atoms with Crippen molar-refractivity contribution in [3.63, 3.8) is 0 Å². The van der Waals surface area contributed by atoms with Crippen LogP contribution >= 0.6 is 0 Å². The Kier molecular flexibility index (Phi) is 2.62. The Morgan fingerprint density at radius 3 is 2.27 bits per heavy atom. The van der Waals surface area contributed by atoms with Crippen molar-refractivity contribution < 1.29 is 24.5 Å². The first kappa shape index (κ1) is 10.4. The second-order valence-corrected chi connectivity index (χ2v) is 3.93. The lowest BCUT2D eigenvalue weighted by Crippen LogP contribution is -2.56. The summed E-state index contributed by atoms with van der Waals surface area (Å²) < 4.78 is 5.10. The van der Waals surface area contributed by atoms with Gasteiger partial charge in [-0.2, -0.15) is 0 Å². The molecule has 0 saturated carbocycles. The molecule has 2 saturated heterocycles. The Bertz CT molecular complexity index is 286. The Morgan fingerprint density at radius 1 is 1.20 bits per heavy atom. The van der Waals surface area contributed by atoms with Crippen LogP contribution in [0.1, 0.15) is 12.8 Å². The molecule has 6 nitrogen and oxygen atoms in total. The number of carboxylic acids is 1. The number of carboxylic acid groups (broad SMARTS) is 1. The highest BCUT2D eigenvalue weighted by molar-refractivity contribution is 5.83. The molecule has 2 aliphatic heterocycles. The third kappa shape index (κ3) is 1.95. The van der Waals surface area contributed by atoms with Crippen molar-refractivity contribution in [3.05, 3.63) is 0 Å². The number of β-amino-alcohol motifs (C(OH)–C–C–N with tert-alkyl or cyclic N) is 1. The Labute approximate surface area is 86.4 Å². The number of hydrogen-bond donors (Lipinski definition) is 2. The first-order valence-corrected chi connectivity index (χ1v) is 4.93. The van der Waals surface area contributed by atoms with Gasteiger partial charge in [0.1, 0.15) is 6.10 Å². The van der Waals surface area contributed by atoms with Gasteiger partial charge < -0.3 is 19.8 Å². The van der Waals surface area contributed by atoms with Gasteiger partial charge in [0.05, 0.1) is 6.10 Å². The first-order valence-electron chi connectivity index (χ1n) is 4.93. The molecule has 0 bridgehead atoms. The summed E-state index contributed by atoms with van der Waals surface area (Å²) in [5.41, 5.74) is 0. The molecule has 2 atom stereocenters. The van der Waals surface area contributed by atoms with Gasteiger partial charge in [-0.25, -0.2) is 4.79 Å². The van der Waals surface area contributed by atoms with E-state index in [1.54, 1.807) is 0 Å². The maximum atomic E-state index is 11.6. The number of carbonyl (C=O) groups is 2. The van der Waals surface area contributed by atoms with Crippen molar-refractivity contribution in [2.24, 2.45) is 0 Å². The summed E-state index contributed by atoms with van der Waals surface area (Å²) in [5, 5.41) is 17.7. The summed E-state index contributed by atoms with van der Waals surface area (Å²) >= 11 is 0. The van der Waals surface area contributed by atoms with Gasteiger partial charge in [-0.3, -0.25) is 4.79 Å². The molecule has 1 amide bonds. The maximum Gasteiger partial charge on any atom is 0.332 e. The average Bonchev–Trinajstić information content (AvgIpc) is 2.60. The van der Waals surface area contributed by atoms with Gasteiger partial charge in [0.15, 0.2) is 6.10 Å². The molecule has 2 fully saturated rings. The lowest BCUT2D eigenvalue weighted by atomic mass is 10.1. The van der Waals surface area contributed by atoms with Crippen LogP contribution in [0, 0.1) is 0 Å². The lowest BCUT2D eigenvalue weighted by molar-refractivity contribution is -0.159. The molecule has 84 valence electrons. The van der Waals surface area contributed by atoms with Crippen molar-refractivity contribution in [1.82, 2.24) is 4.90 Å². The van der Waals surface area contributed by atoms with E-state index in [2.05, 4.69) is 0 Å². The molecule has 0 aromatic carbocycles. The average molecular weight is 215 g/mol. The highest BCUT2D eigenvalue weighted by Crippen LogP contribution is 2.23. The van der Waals surface area contributed by atoms with Crippen molar-refractivity contribution >= 4 is 11.9 Å². The normalized spacial score (nSPS) is 31.4. The topological polar surface area (TPSA) is 87.1 Å². The zero-order chi connectivity index (χ0) is 11.0. The van der Waals surface area contributed by atoms with E-state index in [4.69, 9.17) is 14.9 Å². The van der Waals surface area contributed by atoms with Gasteiger partial charge in [-0.15, -0.1) is 0 Å². The number of nitrogens with zero attached hydrogens (tertiary/aromatic N) is 1. The number of rotatable bonds is 2. The van der Waals surface area contributed by atoms with Crippen LogP contribution in [0.15, 0.2) is 0 Å². The molecule has 2 heterocycles. The lowest BCUT2D eigenvalue weighted by Gasteiger charge is -2.37. The third-order valence-corrected chi connectivity index (χ3v) is 2.74. The van der Waals surface area contributed by atoms with E-state index < -0.39 is 24.3 Å². The van der Waals surface area contributed by atoms with Crippen LogP contribution in [0.4, 0.5) is 0 Å². The van der Waals surface area contributed by atoms with E-state index >= 15 is 0 Å². The number of hydrogen-bond acceptors (Lipinski definition) is 4. The van der Waals surface area contributed by atoms with Gasteiger partial charge in [0.2, 0.25) is 0 Å². The molecule has 2 rings (SSSR count). The zero-order valence-electron chi connectivity index (χ0n) is 8.13. The van der Waals surface area contributed by atoms with E-state index in [0.717, 1.165) is 0 Å². The monoisotopic (exact) mass is 215 g/mol. The van der Waals surface area contributed by atoms with E-state index in [9.17, 15) is 9.59 Å². The summed E-state index contributed by atoms with van der Waals surface area (Å²) in [4.78, 5) is 23.7. The predicted molar refractivity (Wildman–Crippen MR) is 48.1 cm³/mol. The molecule has 0 aromatic heterocycles. The Morgan fingerprint density at radius 2 is 1.80 bits per heavy atom. The summed E-state index contributed by atoms with van der Waals surface area (Å²) in [5.74, 6) is -1.22. The Balaban J connectivity index is 1.85. The number of aliphatic hydroxyl groups excluding tert-OH is 1. The zero-order valence-corrected chi connectivity index (χ0v) is 8.13. The number of amides is 1.